The predicted molar refractivity (Wildman–Crippen MR) is 84.2 cm³/mol. The maximum absolute atomic E-state index is 12.2. The Hall–Kier alpha value is -2.44. The molecule has 0 aliphatic carbocycles. The van der Waals surface area contributed by atoms with Crippen molar-refractivity contribution in [1.29, 1.82) is 0 Å². The summed E-state index contributed by atoms with van der Waals surface area (Å²) in [4.78, 5) is 29.8. The van der Waals surface area contributed by atoms with E-state index in [-0.39, 0.29) is 17.7 Å². The van der Waals surface area contributed by atoms with Gasteiger partial charge in [-0.1, -0.05) is 5.16 Å². The van der Waals surface area contributed by atoms with Crippen LogP contribution in [0.4, 0.5) is 0 Å². The molecule has 0 radical (unpaired) electrons. The Morgan fingerprint density at radius 1 is 1.35 bits per heavy atom. The summed E-state index contributed by atoms with van der Waals surface area (Å²) in [7, 11) is 1.60. The summed E-state index contributed by atoms with van der Waals surface area (Å²) in [5.74, 6) is 0.0858. The maximum Gasteiger partial charge on any atom is 0.259 e. The van der Waals surface area contributed by atoms with Gasteiger partial charge in [0.05, 0.1) is 16.6 Å². The zero-order chi connectivity index (χ0) is 16.6. The van der Waals surface area contributed by atoms with Gasteiger partial charge >= 0.3 is 0 Å². The number of rotatable bonds is 2. The van der Waals surface area contributed by atoms with Crippen LogP contribution >= 0.6 is 0 Å². The van der Waals surface area contributed by atoms with E-state index in [0.717, 1.165) is 18.5 Å². The molecule has 1 aliphatic heterocycles. The molecule has 0 atom stereocenters. The van der Waals surface area contributed by atoms with Crippen molar-refractivity contribution in [2.24, 2.45) is 0 Å². The molecule has 2 aromatic rings. The molecular formula is C16H20N4O3. The number of fused-ring (bicyclic) bond motifs is 1. The minimum atomic E-state index is -0.175. The van der Waals surface area contributed by atoms with E-state index in [1.54, 1.807) is 20.0 Å². The molecular weight excluding hydrogens is 296 g/mol. The summed E-state index contributed by atoms with van der Waals surface area (Å²) in [5.41, 5.74) is 2.42. The second kappa shape index (κ2) is 5.98. The molecule has 0 unspecified atom stereocenters. The molecule has 122 valence electrons. The minimum Gasteiger partial charge on any atom is -0.355 e. The summed E-state index contributed by atoms with van der Waals surface area (Å²) in [5, 5.41) is 7.53. The normalized spacial score (nSPS) is 15.9. The highest BCUT2D eigenvalue weighted by Crippen LogP contribution is 2.34. The van der Waals surface area contributed by atoms with E-state index < -0.39 is 0 Å². The lowest BCUT2D eigenvalue weighted by atomic mass is 9.90. The summed E-state index contributed by atoms with van der Waals surface area (Å²) >= 11 is 0. The molecule has 2 amide bonds. The number of aryl methyl sites for hydroxylation is 1. The van der Waals surface area contributed by atoms with Gasteiger partial charge in [-0.15, -0.1) is 0 Å². The first-order valence-corrected chi connectivity index (χ1v) is 7.75. The zero-order valence-corrected chi connectivity index (χ0v) is 13.5. The average Bonchev–Trinajstić information content (AvgIpc) is 2.97. The van der Waals surface area contributed by atoms with Gasteiger partial charge in [-0.25, -0.2) is 4.98 Å². The third-order valence-electron chi connectivity index (χ3n) is 4.40. The zero-order valence-electron chi connectivity index (χ0n) is 13.5. The molecule has 0 saturated carbocycles. The SMILES string of the molecule is CNC(=O)c1cc(C)nc2onc(C3CCN(C(C)=O)CC3)c12. The molecule has 3 heterocycles. The number of likely N-dealkylation sites (tertiary alicyclic amines) is 1. The third-order valence-corrected chi connectivity index (χ3v) is 4.40. The highest BCUT2D eigenvalue weighted by atomic mass is 16.5. The largest absolute Gasteiger partial charge is 0.355 e. The van der Waals surface area contributed by atoms with Gasteiger partial charge < -0.3 is 14.7 Å². The van der Waals surface area contributed by atoms with E-state index in [0.29, 0.717) is 35.4 Å². The van der Waals surface area contributed by atoms with Crippen LogP contribution in [0.25, 0.3) is 11.1 Å². The number of pyridine rings is 1. The van der Waals surface area contributed by atoms with Crippen LogP contribution in [-0.4, -0.2) is 47.0 Å². The lowest BCUT2D eigenvalue weighted by Crippen LogP contribution is -2.36. The first-order valence-electron chi connectivity index (χ1n) is 7.75. The number of aromatic nitrogens is 2. The van der Waals surface area contributed by atoms with Crippen molar-refractivity contribution in [1.82, 2.24) is 20.4 Å². The van der Waals surface area contributed by atoms with E-state index in [2.05, 4.69) is 15.5 Å². The van der Waals surface area contributed by atoms with E-state index in [9.17, 15) is 9.59 Å². The second-order valence-electron chi connectivity index (χ2n) is 5.92. The van der Waals surface area contributed by atoms with Crippen molar-refractivity contribution in [3.8, 4) is 0 Å². The molecule has 0 bridgehead atoms. The van der Waals surface area contributed by atoms with E-state index in [1.807, 2.05) is 11.8 Å². The van der Waals surface area contributed by atoms with Gasteiger partial charge in [0.2, 0.25) is 5.91 Å². The molecule has 23 heavy (non-hydrogen) atoms. The number of hydrogen-bond donors (Lipinski definition) is 1. The molecule has 7 heteroatoms. The fourth-order valence-corrected chi connectivity index (χ4v) is 3.16. The molecule has 0 spiro atoms. The van der Waals surface area contributed by atoms with Crippen molar-refractivity contribution >= 4 is 22.9 Å². The van der Waals surface area contributed by atoms with Crippen LogP contribution in [0.15, 0.2) is 10.6 Å². The van der Waals surface area contributed by atoms with Gasteiger partial charge in [0.15, 0.2) is 0 Å². The summed E-state index contributed by atoms with van der Waals surface area (Å²) in [6.07, 6.45) is 1.62. The van der Waals surface area contributed by atoms with Gasteiger partial charge in [-0.3, -0.25) is 9.59 Å². The average molecular weight is 316 g/mol. The van der Waals surface area contributed by atoms with Crippen LogP contribution in [0, 0.1) is 6.92 Å². The van der Waals surface area contributed by atoms with Crippen molar-refractivity contribution in [2.75, 3.05) is 20.1 Å². The molecule has 7 nitrogen and oxygen atoms in total. The van der Waals surface area contributed by atoms with Crippen LogP contribution in [0.1, 0.15) is 47.4 Å². The minimum absolute atomic E-state index is 0.0943. The maximum atomic E-state index is 12.2. The molecule has 3 rings (SSSR count). The molecule has 2 aromatic heterocycles. The Balaban J connectivity index is 1.99. The first kappa shape index (κ1) is 15.5. The van der Waals surface area contributed by atoms with E-state index in [4.69, 9.17) is 4.52 Å². The lowest BCUT2D eigenvalue weighted by molar-refractivity contribution is -0.129. The number of amides is 2. The number of carbonyl (C=O) groups is 2. The number of nitrogens with one attached hydrogen (secondary N) is 1. The third kappa shape index (κ3) is 2.78. The van der Waals surface area contributed by atoms with Crippen molar-refractivity contribution in [3.63, 3.8) is 0 Å². The Kier molecular flexibility index (Phi) is 4.02. The number of nitrogens with zero attached hydrogens (tertiary/aromatic N) is 3. The van der Waals surface area contributed by atoms with Crippen molar-refractivity contribution in [3.05, 3.63) is 23.0 Å². The summed E-state index contributed by atoms with van der Waals surface area (Å²) in [6, 6.07) is 1.76. The van der Waals surface area contributed by atoms with Crippen LogP contribution < -0.4 is 5.32 Å². The topological polar surface area (TPSA) is 88.3 Å². The first-order chi connectivity index (χ1) is 11.0. The molecule has 1 aliphatic rings. The molecule has 1 saturated heterocycles. The number of hydrogen-bond acceptors (Lipinski definition) is 5. The van der Waals surface area contributed by atoms with Crippen LogP contribution in [0.5, 0.6) is 0 Å². The highest BCUT2D eigenvalue weighted by molar-refractivity contribution is 6.06. The van der Waals surface area contributed by atoms with Crippen molar-refractivity contribution < 1.29 is 14.1 Å². The quantitative estimate of drug-likeness (QED) is 0.909. The Bertz CT molecular complexity index is 760. The molecule has 0 aromatic carbocycles. The highest BCUT2D eigenvalue weighted by Gasteiger charge is 2.28. The standard InChI is InChI=1S/C16H20N4O3/c1-9-8-12(15(22)17-3)13-14(19-23-16(13)18-9)11-4-6-20(7-5-11)10(2)21/h8,11H,4-7H2,1-3H3,(H,17,22). The van der Waals surface area contributed by atoms with Gasteiger partial charge in [-0.05, 0) is 25.8 Å². The number of carbonyl (C=O) groups excluding carboxylic acids is 2. The van der Waals surface area contributed by atoms with E-state index in [1.165, 1.54) is 0 Å². The number of piperidine rings is 1. The van der Waals surface area contributed by atoms with Crippen LogP contribution in [-0.2, 0) is 4.79 Å². The van der Waals surface area contributed by atoms with Crippen molar-refractivity contribution in [2.45, 2.75) is 32.6 Å². The monoisotopic (exact) mass is 316 g/mol. The smallest absolute Gasteiger partial charge is 0.259 e. The van der Waals surface area contributed by atoms with Crippen LogP contribution in [0.2, 0.25) is 0 Å². The van der Waals surface area contributed by atoms with Gasteiger partial charge in [-0.2, -0.15) is 0 Å². The lowest BCUT2D eigenvalue weighted by Gasteiger charge is -2.30. The summed E-state index contributed by atoms with van der Waals surface area (Å²) < 4.78 is 5.37. The van der Waals surface area contributed by atoms with Gasteiger partial charge in [0, 0.05) is 38.7 Å². The molecule has 1 N–H and O–H groups in total. The summed E-state index contributed by atoms with van der Waals surface area (Å²) in [6.45, 7) is 4.80. The fraction of sp³-hybridized carbons (Fsp3) is 0.500. The van der Waals surface area contributed by atoms with Crippen LogP contribution in [0.3, 0.4) is 0 Å². The fourth-order valence-electron chi connectivity index (χ4n) is 3.16. The Morgan fingerprint density at radius 3 is 2.65 bits per heavy atom. The van der Waals surface area contributed by atoms with E-state index >= 15 is 0 Å². The second-order valence-corrected chi connectivity index (χ2v) is 5.92. The molecule has 1 fully saturated rings. The Morgan fingerprint density at radius 2 is 2.04 bits per heavy atom. The predicted octanol–water partition coefficient (Wildman–Crippen LogP) is 1.62. The Labute approximate surface area is 134 Å². The van der Waals surface area contributed by atoms with Gasteiger partial charge in [0.1, 0.15) is 0 Å². The van der Waals surface area contributed by atoms with Gasteiger partial charge in [0.25, 0.3) is 11.6 Å².